The molecule has 0 aliphatic heterocycles. The molecule has 0 atom stereocenters. The third-order valence-electron chi connectivity index (χ3n) is 4.00. The molecule has 0 aromatic heterocycles. The SMILES string of the molecule is O=C(COc1cccc2ccccc12)NNC(=S)NC(=O)c1ccccc1[N+](=O)[O-]. The van der Waals surface area contributed by atoms with E-state index >= 15 is 0 Å². The van der Waals surface area contributed by atoms with Gasteiger partial charge < -0.3 is 4.74 Å². The summed E-state index contributed by atoms with van der Waals surface area (Å²) < 4.78 is 5.55. The van der Waals surface area contributed by atoms with E-state index in [1.807, 2.05) is 36.4 Å². The van der Waals surface area contributed by atoms with E-state index in [4.69, 9.17) is 17.0 Å². The van der Waals surface area contributed by atoms with Crippen LogP contribution in [-0.4, -0.2) is 28.5 Å². The maximum atomic E-state index is 12.2. The van der Waals surface area contributed by atoms with E-state index in [-0.39, 0.29) is 23.0 Å². The molecule has 3 aromatic rings. The van der Waals surface area contributed by atoms with Crippen molar-refractivity contribution in [3.8, 4) is 5.75 Å². The minimum Gasteiger partial charge on any atom is -0.483 e. The van der Waals surface area contributed by atoms with E-state index in [1.54, 1.807) is 6.07 Å². The zero-order valence-electron chi connectivity index (χ0n) is 15.5. The van der Waals surface area contributed by atoms with Crippen molar-refractivity contribution in [1.29, 1.82) is 0 Å². The quantitative estimate of drug-likeness (QED) is 0.327. The second kappa shape index (κ2) is 9.43. The first-order valence-electron chi connectivity index (χ1n) is 8.70. The molecule has 2 amide bonds. The van der Waals surface area contributed by atoms with E-state index in [9.17, 15) is 19.7 Å². The number of fused-ring (bicyclic) bond motifs is 1. The number of rotatable bonds is 5. The fourth-order valence-electron chi connectivity index (χ4n) is 2.65. The van der Waals surface area contributed by atoms with Crippen LogP contribution in [-0.2, 0) is 4.79 Å². The predicted octanol–water partition coefficient (Wildman–Crippen LogP) is 2.46. The Morgan fingerprint density at radius 1 is 0.967 bits per heavy atom. The van der Waals surface area contributed by atoms with Gasteiger partial charge in [-0.3, -0.25) is 35.9 Å². The average molecular weight is 424 g/mol. The second-order valence-electron chi connectivity index (χ2n) is 6.00. The Morgan fingerprint density at radius 3 is 2.47 bits per heavy atom. The number of amides is 2. The number of carbonyl (C=O) groups excluding carboxylic acids is 2. The van der Waals surface area contributed by atoms with Crippen LogP contribution in [0.1, 0.15) is 10.4 Å². The number of hydrogen-bond donors (Lipinski definition) is 3. The van der Waals surface area contributed by atoms with Crippen LogP contribution in [0.3, 0.4) is 0 Å². The van der Waals surface area contributed by atoms with Gasteiger partial charge in [-0.25, -0.2) is 0 Å². The molecule has 3 aromatic carbocycles. The maximum Gasteiger partial charge on any atom is 0.282 e. The molecule has 30 heavy (non-hydrogen) atoms. The number of nitrogens with one attached hydrogen (secondary N) is 3. The Hall–Kier alpha value is -4.05. The van der Waals surface area contributed by atoms with Crippen molar-refractivity contribution in [2.24, 2.45) is 0 Å². The van der Waals surface area contributed by atoms with Crippen LogP contribution in [0.25, 0.3) is 10.8 Å². The van der Waals surface area contributed by atoms with Gasteiger partial charge in [0.25, 0.3) is 17.5 Å². The highest BCUT2D eigenvalue weighted by molar-refractivity contribution is 7.80. The van der Waals surface area contributed by atoms with Crippen molar-refractivity contribution in [3.63, 3.8) is 0 Å². The number of nitro groups is 1. The molecule has 0 fully saturated rings. The summed E-state index contributed by atoms with van der Waals surface area (Å²) in [5.74, 6) is -0.762. The van der Waals surface area contributed by atoms with Crippen LogP contribution in [0.4, 0.5) is 5.69 Å². The highest BCUT2D eigenvalue weighted by Crippen LogP contribution is 2.24. The Bertz CT molecular complexity index is 1130. The van der Waals surface area contributed by atoms with Gasteiger partial charge in [-0.05, 0) is 29.7 Å². The number of hydrogen-bond acceptors (Lipinski definition) is 6. The number of nitrogens with zero attached hydrogens (tertiary/aromatic N) is 1. The molecule has 0 saturated heterocycles. The van der Waals surface area contributed by atoms with Crippen LogP contribution in [0, 0.1) is 10.1 Å². The number of hydrazine groups is 1. The summed E-state index contributed by atoms with van der Waals surface area (Å²) in [5.41, 5.74) is 4.14. The summed E-state index contributed by atoms with van der Waals surface area (Å²) in [6.07, 6.45) is 0. The molecule has 0 unspecified atom stereocenters. The molecule has 3 N–H and O–H groups in total. The molecule has 152 valence electrons. The summed E-state index contributed by atoms with van der Waals surface area (Å²) in [6, 6.07) is 18.5. The van der Waals surface area contributed by atoms with Gasteiger partial charge in [0.1, 0.15) is 11.3 Å². The number of carbonyl (C=O) groups is 2. The van der Waals surface area contributed by atoms with Crippen LogP contribution in [0.5, 0.6) is 5.75 Å². The van der Waals surface area contributed by atoms with Crippen LogP contribution < -0.4 is 20.9 Å². The first-order valence-corrected chi connectivity index (χ1v) is 9.10. The third kappa shape index (κ3) is 5.06. The van der Waals surface area contributed by atoms with E-state index < -0.39 is 16.7 Å². The van der Waals surface area contributed by atoms with Gasteiger partial charge in [0.15, 0.2) is 11.7 Å². The fourth-order valence-corrected chi connectivity index (χ4v) is 2.80. The molecule has 0 radical (unpaired) electrons. The lowest BCUT2D eigenvalue weighted by molar-refractivity contribution is -0.385. The first-order chi connectivity index (χ1) is 14.5. The van der Waals surface area contributed by atoms with Crippen LogP contribution >= 0.6 is 12.2 Å². The highest BCUT2D eigenvalue weighted by atomic mass is 32.1. The standard InChI is InChI=1S/C20H16N4O5S/c25-18(12-29-17-11-5-7-13-6-1-2-8-14(13)17)22-23-20(30)21-19(26)15-9-3-4-10-16(15)24(27)28/h1-11H,12H2,(H,22,25)(H2,21,23,26,30). The molecule has 0 saturated carbocycles. The van der Waals surface area contributed by atoms with Crippen molar-refractivity contribution in [2.45, 2.75) is 0 Å². The van der Waals surface area contributed by atoms with Gasteiger partial charge in [0, 0.05) is 11.5 Å². The van der Waals surface area contributed by atoms with Crippen molar-refractivity contribution in [2.75, 3.05) is 6.61 Å². The van der Waals surface area contributed by atoms with Gasteiger partial charge in [-0.15, -0.1) is 0 Å². The molecular formula is C20H16N4O5S. The Kier molecular flexibility index (Phi) is 6.50. The van der Waals surface area contributed by atoms with Crippen molar-refractivity contribution < 1.29 is 19.2 Å². The molecule has 0 aliphatic rings. The lowest BCUT2D eigenvalue weighted by atomic mass is 10.1. The van der Waals surface area contributed by atoms with Crippen LogP contribution in [0.15, 0.2) is 66.7 Å². The molecule has 10 heteroatoms. The molecule has 0 aliphatic carbocycles. The summed E-state index contributed by atoms with van der Waals surface area (Å²) in [7, 11) is 0. The van der Waals surface area contributed by atoms with E-state index in [0.717, 1.165) is 10.8 Å². The summed E-state index contributed by atoms with van der Waals surface area (Å²) in [4.78, 5) is 34.5. The summed E-state index contributed by atoms with van der Waals surface area (Å²) in [5, 5.41) is 14.9. The molecule has 0 heterocycles. The van der Waals surface area contributed by atoms with E-state index in [1.165, 1.54) is 24.3 Å². The van der Waals surface area contributed by atoms with Crippen molar-refractivity contribution >= 4 is 45.6 Å². The Balaban J connectivity index is 1.51. The predicted molar refractivity (Wildman–Crippen MR) is 114 cm³/mol. The second-order valence-corrected chi connectivity index (χ2v) is 6.40. The van der Waals surface area contributed by atoms with Crippen molar-refractivity contribution in [1.82, 2.24) is 16.2 Å². The smallest absolute Gasteiger partial charge is 0.282 e. The fraction of sp³-hybridized carbons (Fsp3) is 0.0500. The number of nitro benzene ring substituents is 1. The molecule has 0 spiro atoms. The zero-order chi connectivity index (χ0) is 21.5. The molecule has 9 nitrogen and oxygen atoms in total. The maximum absolute atomic E-state index is 12.2. The lowest BCUT2D eigenvalue weighted by Gasteiger charge is -2.12. The lowest BCUT2D eigenvalue weighted by Crippen LogP contribution is -2.49. The summed E-state index contributed by atoms with van der Waals surface area (Å²) >= 11 is 4.93. The Labute approximate surface area is 176 Å². The number of benzene rings is 3. The molecule has 3 rings (SSSR count). The number of ether oxygens (including phenoxy) is 1. The zero-order valence-corrected chi connectivity index (χ0v) is 16.3. The van der Waals surface area contributed by atoms with Gasteiger partial charge in [0.2, 0.25) is 0 Å². The molecular weight excluding hydrogens is 408 g/mol. The Morgan fingerprint density at radius 2 is 1.67 bits per heavy atom. The minimum atomic E-state index is -0.777. The largest absolute Gasteiger partial charge is 0.483 e. The molecule has 0 bridgehead atoms. The topological polar surface area (TPSA) is 123 Å². The number of thiocarbonyl (C=S) groups is 1. The monoisotopic (exact) mass is 424 g/mol. The highest BCUT2D eigenvalue weighted by Gasteiger charge is 2.20. The van der Waals surface area contributed by atoms with Crippen LogP contribution in [0.2, 0.25) is 0 Å². The average Bonchev–Trinajstić information content (AvgIpc) is 2.76. The van der Waals surface area contributed by atoms with Crippen molar-refractivity contribution in [3.05, 3.63) is 82.4 Å². The van der Waals surface area contributed by atoms with E-state index in [2.05, 4.69) is 16.2 Å². The number of para-hydroxylation sites is 1. The van der Waals surface area contributed by atoms with E-state index in [0.29, 0.717) is 5.75 Å². The van der Waals surface area contributed by atoms with Gasteiger partial charge in [0.05, 0.1) is 4.92 Å². The summed E-state index contributed by atoms with van der Waals surface area (Å²) in [6.45, 7) is -0.290. The third-order valence-corrected chi connectivity index (χ3v) is 4.20. The normalized spacial score (nSPS) is 10.1. The van der Waals surface area contributed by atoms with Gasteiger partial charge in [-0.2, -0.15) is 0 Å². The minimum absolute atomic E-state index is 0.155. The van der Waals surface area contributed by atoms with Gasteiger partial charge >= 0.3 is 0 Å². The van der Waals surface area contributed by atoms with Gasteiger partial charge in [-0.1, -0.05) is 48.5 Å². The first kappa shape index (κ1) is 20.7.